The van der Waals surface area contributed by atoms with Crippen LogP contribution in [0, 0.1) is 0 Å². The highest BCUT2D eigenvalue weighted by Gasteiger charge is 2.21. The first-order chi connectivity index (χ1) is 16.1. The lowest BCUT2D eigenvalue weighted by Gasteiger charge is -2.12. The first-order valence-electron chi connectivity index (χ1n) is 11.1. The number of carbonyl (C=O) groups is 2. The predicted octanol–water partition coefficient (Wildman–Crippen LogP) is 3.47. The molecule has 0 aliphatic carbocycles. The molecule has 1 saturated heterocycles. The molecule has 5 N–H and O–H groups in total. The summed E-state index contributed by atoms with van der Waals surface area (Å²) in [6.45, 7) is 1.79. The zero-order valence-corrected chi connectivity index (χ0v) is 18.3. The molecule has 170 valence electrons. The topological polar surface area (TPSA) is 105 Å². The highest BCUT2D eigenvalue weighted by Crippen LogP contribution is 2.19. The quantitative estimate of drug-likeness (QED) is 0.398. The molecular weight excluding hydrogens is 416 g/mol. The Kier molecular flexibility index (Phi) is 7.22. The summed E-state index contributed by atoms with van der Waals surface area (Å²) in [4.78, 5) is 24.5. The number of nitrogen functional groups attached to an aromatic ring is 1. The van der Waals surface area contributed by atoms with Crippen LogP contribution in [-0.4, -0.2) is 24.4 Å². The number of benzene rings is 3. The molecule has 3 aromatic rings. The highest BCUT2D eigenvalue weighted by molar-refractivity contribution is 6.05. The van der Waals surface area contributed by atoms with Crippen LogP contribution in [0.15, 0.2) is 72.8 Å². The van der Waals surface area contributed by atoms with Crippen molar-refractivity contribution in [3.05, 3.63) is 89.5 Å². The molecule has 1 fully saturated rings. The molecule has 2 amide bonds. The van der Waals surface area contributed by atoms with Crippen molar-refractivity contribution in [2.45, 2.75) is 32.0 Å². The lowest BCUT2D eigenvalue weighted by atomic mass is 10.1. The van der Waals surface area contributed by atoms with Crippen LogP contribution >= 0.6 is 0 Å². The lowest BCUT2D eigenvalue weighted by Crippen LogP contribution is -2.39. The third kappa shape index (κ3) is 6.11. The van der Waals surface area contributed by atoms with Crippen molar-refractivity contribution in [2.75, 3.05) is 17.6 Å². The van der Waals surface area contributed by atoms with E-state index in [1.165, 1.54) is 0 Å². The lowest BCUT2D eigenvalue weighted by molar-refractivity contribution is -0.122. The monoisotopic (exact) mass is 444 g/mol. The Bertz CT molecular complexity index is 1090. The van der Waals surface area contributed by atoms with Crippen LogP contribution in [0.2, 0.25) is 0 Å². The van der Waals surface area contributed by atoms with Gasteiger partial charge in [0.15, 0.2) is 0 Å². The Labute approximate surface area is 193 Å². The number of anilines is 2. The average Bonchev–Trinajstić information content (AvgIpc) is 3.39. The van der Waals surface area contributed by atoms with E-state index in [0.29, 0.717) is 30.1 Å². The van der Waals surface area contributed by atoms with Gasteiger partial charge in [-0.25, -0.2) is 0 Å². The molecule has 0 spiro atoms. The summed E-state index contributed by atoms with van der Waals surface area (Å²) in [6, 6.07) is 22.0. The minimum atomic E-state index is -0.216. The highest BCUT2D eigenvalue weighted by atomic mass is 16.5. The maximum Gasteiger partial charge on any atom is 0.255 e. The average molecular weight is 445 g/mol. The third-order valence-electron chi connectivity index (χ3n) is 5.60. The first kappa shape index (κ1) is 22.4. The minimum absolute atomic E-state index is 0.0530. The first-order valence-corrected chi connectivity index (χ1v) is 11.1. The van der Waals surface area contributed by atoms with Crippen molar-refractivity contribution in [2.24, 2.45) is 0 Å². The molecule has 4 rings (SSSR count). The van der Waals surface area contributed by atoms with Crippen LogP contribution < -0.4 is 26.4 Å². The number of hydrogen-bond donors (Lipinski definition) is 4. The Morgan fingerprint density at radius 3 is 2.39 bits per heavy atom. The van der Waals surface area contributed by atoms with Gasteiger partial charge in [-0.2, -0.15) is 0 Å². The largest absolute Gasteiger partial charge is 0.489 e. The van der Waals surface area contributed by atoms with Crippen LogP contribution in [0.4, 0.5) is 11.4 Å². The number of nitrogens with two attached hydrogens (primary N) is 1. The van der Waals surface area contributed by atoms with Crippen LogP contribution in [0.25, 0.3) is 0 Å². The van der Waals surface area contributed by atoms with Gasteiger partial charge in [-0.05, 0) is 66.9 Å². The zero-order valence-electron chi connectivity index (χ0n) is 18.3. The van der Waals surface area contributed by atoms with Gasteiger partial charge in [0.25, 0.3) is 5.91 Å². The van der Waals surface area contributed by atoms with Crippen molar-refractivity contribution in [1.29, 1.82) is 0 Å². The van der Waals surface area contributed by atoms with Gasteiger partial charge in [-0.1, -0.05) is 36.4 Å². The summed E-state index contributed by atoms with van der Waals surface area (Å²) in [5.41, 5.74) is 9.50. The van der Waals surface area contributed by atoms with E-state index in [-0.39, 0.29) is 17.9 Å². The SMILES string of the molecule is Nc1ccccc1NC(=O)c1ccc(COc2ccc(CNC(=O)[C@H]3CCCN3)cc2)cc1. The van der Waals surface area contributed by atoms with Crippen molar-refractivity contribution >= 4 is 23.2 Å². The Hall–Kier alpha value is -3.84. The fraction of sp³-hybridized carbons (Fsp3) is 0.231. The molecule has 0 bridgehead atoms. The second-order valence-electron chi connectivity index (χ2n) is 8.04. The number of carbonyl (C=O) groups excluding carboxylic acids is 2. The van der Waals surface area contributed by atoms with Crippen LogP contribution in [0.5, 0.6) is 5.75 Å². The summed E-state index contributed by atoms with van der Waals surface area (Å²) >= 11 is 0. The van der Waals surface area contributed by atoms with Crippen molar-refractivity contribution in [3.63, 3.8) is 0 Å². The molecular formula is C26H28N4O3. The molecule has 1 heterocycles. The maximum absolute atomic E-state index is 12.4. The number of nitrogens with one attached hydrogen (secondary N) is 3. The molecule has 7 heteroatoms. The Morgan fingerprint density at radius 2 is 1.70 bits per heavy atom. The number of hydrogen-bond acceptors (Lipinski definition) is 5. The molecule has 1 aliphatic heterocycles. The van der Waals surface area contributed by atoms with Gasteiger partial charge in [0.2, 0.25) is 5.91 Å². The van der Waals surface area contributed by atoms with Gasteiger partial charge in [0, 0.05) is 12.1 Å². The molecule has 0 radical (unpaired) electrons. The van der Waals surface area contributed by atoms with E-state index >= 15 is 0 Å². The van der Waals surface area contributed by atoms with Crippen LogP contribution in [0.1, 0.15) is 34.3 Å². The second-order valence-corrected chi connectivity index (χ2v) is 8.04. The van der Waals surface area contributed by atoms with E-state index in [9.17, 15) is 9.59 Å². The summed E-state index contributed by atoms with van der Waals surface area (Å²) in [7, 11) is 0. The van der Waals surface area contributed by atoms with E-state index in [1.807, 2.05) is 48.5 Å². The van der Waals surface area contributed by atoms with Crippen LogP contribution in [0.3, 0.4) is 0 Å². The van der Waals surface area contributed by atoms with E-state index in [4.69, 9.17) is 10.5 Å². The maximum atomic E-state index is 12.4. The van der Waals surface area contributed by atoms with Gasteiger partial charge in [-0.3, -0.25) is 9.59 Å². The fourth-order valence-electron chi connectivity index (χ4n) is 3.65. The summed E-state index contributed by atoms with van der Waals surface area (Å²) in [5.74, 6) is 0.577. The molecule has 1 aliphatic rings. The van der Waals surface area contributed by atoms with E-state index < -0.39 is 0 Å². The number of para-hydroxylation sites is 2. The zero-order chi connectivity index (χ0) is 23.0. The summed E-state index contributed by atoms with van der Waals surface area (Å²) in [5, 5.41) is 8.98. The molecule has 0 aromatic heterocycles. The van der Waals surface area contributed by atoms with Gasteiger partial charge >= 0.3 is 0 Å². The van der Waals surface area contributed by atoms with Gasteiger partial charge in [0.1, 0.15) is 12.4 Å². The summed E-state index contributed by atoms with van der Waals surface area (Å²) in [6.07, 6.45) is 1.94. The minimum Gasteiger partial charge on any atom is -0.489 e. The van der Waals surface area contributed by atoms with Crippen molar-refractivity contribution in [1.82, 2.24) is 10.6 Å². The van der Waals surface area contributed by atoms with Gasteiger partial charge in [-0.15, -0.1) is 0 Å². The van der Waals surface area contributed by atoms with Crippen molar-refractivity contribution < 1.29 is 14.3 Å². The smallest absolute Gasteiger partial charge is 0.255 e. The number of rotatable bonds is 8. The normalized spacial score (nSPS) is 15.1. The van der Waals surface area contributed by atoms with Crippen molar-refractivity contribution in [3.8, 4) is 5.75 Å². The molecule has 1 atom stereocenters. The van der Waals surface area contributed by atoms with Gasteiger partial charge < -0.3 is 26.4 Å². The molecule has 7 nitrogen and oxygen atoms in total. The fourth-order valence-corrected chi connectivity index (χ4v) is 3.65. The van der Waals surface area contributed by atoms with Crippen LogP contribution in [-0.2, 0) is 17.9 Å². The summed E-state index contributed by atoms with van der Waals surface area (Å²) < 4.78 is 5.85. The molecule has 0 saturated carbocycles. The Morgan fingerprint density at radius 1 is 0.970 bits per heavy atom. The second kappa shape index (κ2) is 10.7. The predicted molar refractivity (Wildman–Crippen MR) is 129 cm³/mol. The number of ether oxygens (including phenoxy) is 1. The molecule has 33 heavy (non-hydrogen) atoms. The van der Waals surface area contributed by atoms with E-state index in [1.54, 1.807) is 24.3 Å². The van der Waals surface area contributed by atoms with Gasteiger partial charge in [0.05, 0.1) is 17.4 Å². The Balaban J connectivity index is 1.24. The number of amides is 2. The third-order valence-corrected chi connectivity index (χ3v) is 5.60. The molecule has 3 aromatic carbocycles. The van der Waals surface area contributed by atoms with E-state index in [0.717, 1.165) is 36.3 Å². The van der Waals surface area contributed by atoms with E-state index in [2.05, 4.69) is 16.0 Å². The standard InChI is InChI=1S/C26H28N4O3/c27-22-4-1-2-5-23(22)30-25(31)20-11-7-19(8-12-20)17-33-21-13-9-18(10-14-21)16-29-26(32)24-6-3-15-28-24/h1-2,4-5,7-14,24,28H,3,6,15-17,27H2,(H,29,32)(H,30,31)/t24-/m1/s1. The molecule has 0 unspecified atom stereocenters.